The lowest BCUT2D eigenvalue weighted by molar-refractivity contribution is -0.116. The highest BCUT2D eigenvalue weighted by molar-refractivity contribution is 5.75. The van der Waals surface area contributed by atoms with Crippen LogP contribution in [0.4, 0.5) is 0 Å². The third kappa shape index (κ3) is 28.4. The van der Waals surface area contributed by atoms with Crippen LogP contribution in [0.25, 0.3) is 0 Å². The van der Waals surface area contributed by atoms with Crippen molar-refractivity contribution < 1.29 is 4.79 Å². The smallest absolute Gasteiger partial charge is 0.130 e. The highest BCUT2D eigenvalue weighted by Crippen LogP contribution is 2.17. The molecule has 0 aromatic heterocycles. The highest BCUT2D eigenvalue weighted by Gasteiger charge is 1.97. The maximum absolute atomic E-state index is 11.1. The number of ketones is 1. The third-order valence-electron chi connectivity index (χ3n) is 8.27. The Bertz CT molecular complexity index is 1060. The Labute approximate surface area is 275 Å². The first-order chi connectivity index (χ1) is 20.9. The molecule has 0 rings (SSSR count). The summed E-state index contributed by atoms with van der Waals surface area (Å²) < 4.78 is 0. The molecule has 1 heteroatoms. The molecule has 0 spiro atoms. The summed E-state index contributed by atoms with van der Waals surface area (Å²) in [5, 5.41) is 0. The van der Waals surface area contributed by atoms with E-state index in [2.05, 4.69) is 111 Å². The van der Waals surface area contributed by atoms with Gasteiger partial charge in [0.1, 0.15) is 5.78 Å². The molecule has 0 N–H and O–H groups in total. The molecule has 0 aromatic carbocycles. The number of allylic oxidation sites excluding steroid dienone is 16. The monoisotopic (exact) mass is 603 g/mol. The van der Waals surface area contributed by atoms with Crippen LogP contribution in [0.2, 0.25) is 0 Å². The van der Waals surface area contributed by atoms with Crippen LogP contribution < -0.4 is 0 Å². The van der Waals surface area contributed by atoms with E-state index in [4.69, 9.17) is 0 Å². The van der Waals surface area contributed by atoms with Gasteiger partial charge in [0.2, 0.25) is 0 Å². The lowest BCUT2D eigenvalue weighted by Crippen LogP contribution is -1.87. The molecule has 0 saturated carbocycles. The zero-order valence-electron chi connectivity index (χ0n) is 30.8. The molecule has 0 radical (unpaired) electrons. The molecule has 0 bridgehead atoms. The lowest BCUT2D eigenvalue weighted by atomic mass is 10.0. The maximum atomic E-state index is 11.1. The molecule has 0 aliphatic rings. The topological polar surface area (TPSA) is 17.1 Å². The molecular formula is C43H70O. The Morgan fingerprint density at radius 3 is 0.795 bits per heavy atom. The molecule has 0 aromatic rings. The number of rotatable bonds is 24. The first-order valence-electron chi connectivity index (χ1n) is 17.6. The summed E-state index contributed by atoms with van der Waals surface area (Å²) in [6.07, 6.45) is 36.9. The summed E-state index contributed by atoms with van der Waals surface area (Å²) >= 11 is 0. The fourth-order valence-electron chi connectivity index (χ4n) is 5.06. The molecule has 248 valence electrons. The molecule has 0 atom stereocenters. The van der Waals surface area contributed by atoms with Crippen LogP contribution in [-0.2, 0) is 4.79 Å². The van der Waals surface area contributed by atoms with Gasteiger partial charge in [0.25, 0.3) is 0 Å². The minimum Gasteiger partial charge on any atom is -0.300 e. The number of carbonyl (C=O) groups is 1. The SMILES string of the molecule is CC(=O)CC/C=C(\C)CC/C=C(\C)CC/C=C(\C)CC/C(C)=C/CC/C=C(\C)CC/C=C(\C)CC/C=C(\C)CCC=C(C)C. The number of hydrogen-bond donors (Lipinski definition) is 0. The number of hydrogen-bond acceptors (Lipinski definition) is 1. The van der Waals surface area contributed by atoms with Crippen molar-refractivity contribution in [2.45, 2.75) is 172 Å². The zero-order valence-corrected chi connectivity index (χ0v) is 30.8. The van der Waals surface area contributed by atoms with Crippen molar-refractivity contribution in [2.24, 2.45) is 0 Å². The van der Waals surface area contributed by atoms with Gasteiger partial charge in [-0.1, -0.05) is 93.2 Å². The third-order valence-corrected chi connectivity index (χ3v) is 8.27. The Hall–Kier alpha value is -2.41. The van der Waals surface area contributed by atoms with Crippen molar-refractivity contribution in [2.75, 3.05) is 0 Å². The van der Waals surface area contributed by atoms with Crippen LogP contribution in [-0.4, -0.2) is 5.78 Å². The Morgan fingerprint density at radius 2 is 0.523 bits per heavy atom. The van der Waals surface area contributed by atoms with Crippen molar-refractivity contribution >= 4 is 5.78 Å². The Kier molecular flexibility index (Phi) is 25.5. The lowest BCUT2D eigenvalue weighted by Gasteiger charge is -2.05. The number of carbonyl (C=O) groups excluding carboxylic acids is 1. The quantitative estimate of drug-likeness (QED) is 0.0793. The van der Waals surface area contributed by atoms with Crippen molar-refractivity contribution in [3.8, 4) is 0 Å². The first kappa shape index (κ1) is 41.6. The normalized spacial score (nSPS) is 14.4. The number of Topliss-reactive ketones (excluding diaryl/α,β-unsaturated/α-hetero) is 1. The van der Waals surface area contributed by atoms with E-state index in [1.54, 1.807) is 6.92 Å². The summed E-state index contributed by atoms with van der Waals surface area (Å²) in [6, 6.07) is 0. The number of unbranched alkanes of at least 4 members (excludes halogenated alkanes) is 1. The van der Waals surface area contributed by atoms with Gasteiger partial charge in [-0.2, -0.15) is 0 Å². The fraction of sp³-hybridized carbons (Fsp3) is 0.605. The fourth-order valence-corrected chi connectivity index (χ4v) is 5.06. The molecule has 0 aliphatic carbocycles. The van der Waals surface area contributed by atoms with E-state index in [-0.39, 0.29) is 5.78 Å². The van der Waals surface area contributed by atoms with E-state index in [9.17, 15) is 4.79 Å². The van der Waals surface area contributed by atoms with Gasteiger partial charge in [-0.05, 0) is 166 Å². The zero-order chi connectivity index (χ0) is 33.2. The molecule has 1 nitrogen and oxygen atoms in total. The average Bonchev–Trinajstić information content (AvgIpc) is 2.94. The summed E-state index contributed by atoms with van der Waals surface area (Å²) in [5.74, 6) is 0.276. The largest absolute Gasteiger partial charge is 0.300 e. The van der Waals surface area contributed by atoms with Crippen molar-refractivity contribution in [1.82, 2.24) is 0 Å². The van der Waals surface area contributed by atoms with Gasteiger partial charge < -0.3 is 4.79 Å². The van der Waals surface area contributed by atoms with Crippen molar-refractivity contribution in [3.05, 3.63) is 93.2 Å². The molecule has 0 fully saturated rings. The van der Waals surface area contributed by atoms with Gasteiger partial charge in [-0.3, -0.25) is 0 Å². The average molecular weight is 603 g/mol. The predicted molar refractivity (Wildman–Crippen MR) is 200 cm³/mol. The molecule has 0 heterocycles. The predicted octanol–water partition coefficient (Wildman–Crippen LogP) is 14.4. The van der Waals surface area contributed by atoms with Gasteiger partial charge in [0.05, 0.1) is 0 Å². The van der Waals surface area contributed by atoms with Gasteiger partial charge in [-0.15, -0.1) is 0 Å². The second-order valence-corrected chi connectivity index (χ2v) is 13.6. The minimum absolute atomic E-state index is 0.276. The van der Waals surface area contributed by atoms with Gasteiger partial charge >= 0.3 is 0 Å². The van der Waals surface area contributed by atoms with Crippen molar-refractivity contribution in [1.29, 1.82) is 0 Å². The van der Waals surface area contributed by atoms with Crippen LogP contribution in [0, 0.1) is 0 Å². The Balaban J connectivity index is 4.20. The van der Waals surface area contributed by atoms with Crippen LogP contribution in [0.3, 0.4) is 0 Å². The van der Waals surface area contributed by atoms with E-state index in [1.807, 2.05) is 0 Å². The first-order valence-corrected chi connectivity index (χ1v) is 17.6. The molecule has 0 amide bonds. The van der Waals surface area contributed by atoms with Gasteiger partial charge in [0, 0.05) is 6.42 Å². The van der Waals surface area contributed by atoms with E-state index >= 15 is 0 Å². The van der Waals surface area contributed by atoms with Crippen molar-refractivity contribution in [3.63, 3.8) is 0 Å². The summed E-state index contributed by atoms with van der Waals surface area (Å²) in [5.41, 5.74) is 11.9. The van der Waals surface area contributed by atoms with E-state index < -0.39 is 0 Å². The second kappa shape index (κ2) is 26.9. The molecule has 44 heavy (non-hydrogen) atoms. The van der Waals surface area contributed by atoms with E-state index in [0.29, 0.717) is 6.42 Å². The molecular weight excluding hydrogens is 532 g/mol. The summed E-state index contributed by atoms with van der Waals surface area (Å²) in [4.78, 5) is 11.1. The van der Waals surface area contributed by atoms with E-state index in [1.165, 1.54) is 89.5 Å². The van der Waals surface area contributed by atoms with Crippen LogP contribution in [0.15, 0.2) is 93.2 Å². The van der Waals surface area contributed by atoms with Crippen LogP contribution >= 0.6 is 0 Å². The standard InChI is InChI=1S/C43H70O/c1-35(2)19-13-22-37(4)24-15-26-38(5)25-14-23-36(3)20-11-12-21-41(8)33-34-42(9)30-17-29-39(6)27-16-28-40(7)31-18-32-43(10)44/h19-21,24-25,27,30-31H,11-18,22-23,26,28-29,32-34H2,1-10H3/b36-20+,37-24+,38-25+,39-27+,40-31+,41-21+,42-30+. The maximum Gasteiger partial charge on any atom is 0.130 e. The van der Waals surface area contributed by atoms with Gasteiger partial charge in [-0.25, -0.2) is 0 Å². The van der Waals surface area contributed by atoms with Crippen LogP contribution in [0.1, 0.15) is 172 Å². The van der Waals surface area contributed by atoms with Gasteiger partial charge in [0.15, 0.2) is 0 Å². The summed E-state index contributed by atoms with van der Waals surface area (Å²) in [7, 11) is 0. The Morgan fingerprint density at radius 1 is 0.295 bits per heavy atom. The van der Waals surface area contributed by atoms with E-state index in [0.717, 1.165) is 51.4 Å². The second-order valence-electron chi connectivity index (χ2n) is 13.6. The van der Waals surface area contributed by atoms with Crippen LogP contribution in [0.5, 0.6) is 0 Å². The molecule has 0 unspecified atom stereocenters. The molecule has 0 aliphatic heterocycles. The highest BCUT2D eigenvalue weighted by atomic mass is 16.1. The summed E-state index contributed by atoms with van der Waals surface area (Å²) in [6.45, 7) is 21.9. The minimum atomic E-state index is 0.276. The molecule has 0 saturated heterocycles.